The van der Waals surface area contributed by atoms with Gasteiger partial charge >= 0.3 is 5.97 Å². The summed E-state index contributed by atoms with van der Waals surface area (Å²) in [6, 6.07) is -0.0837. The summed E-state index contributed by atoms with van der Waals surface area (Å²) in [5, 5.41) is 9.50. The number of allylic oxidation sites excluding steroid dienone is 2. The first-order valence-corrected chi connectivity index (χ1v) is 10.9. The lowest BCUT2D eigenvalue weighted by Gasteiger charge is -2.47. The summed E-state index contributed by atoms with van der Waals surface area (Å²) >= 11 is 3.74. The predicted octanol–water partition coefficient (Wildman–Crippen LogP) is 4.29. The summed E-state index contributed by atoms with van der Waals surface area (Å²) in [6.45, 7) is 9.96. The zero-order chi connectivity index (χ0) is 19.9. The number of carboxylic acid groups (broad SMARTS) is 1. The third-order valence-corrected chi connectivity index (χ3v) is 7.59. The van der Waals surface area contributed by atoms with Gasteiger partial charge in [0.1, 0.15) is 0 Å². The number of likely N-dealkylation sites (tertiary alicyclic amines) is 1. The molecule has 0 aromatic heterocycles. The minimum absolute atomic E-state index is 0.174. The van der Waals surface area contributed by atoms with Gasteiger partial charge in [-0.1, -0.05) is 12.8 Å². The van der Waals surface area contributed by atoms with Gasteiger partial charge in [0.05, 0.1) is 21.8 Å². The summed E-state index contributed by atoms with van der Waals surface area (Å²) in [5.41, 5.74) is 2.64. The largest absolute Gasteiger partial charge is 0.475 e. The van der Waals surface area contributed by atoms with Crippen molar-refractivity contribution in [3.63, 3.8) is 0 Å². The molecule has 27 heavy (non-hydrogen) atoms. The zero-order valence-electron chi connectivity index (χ0n) is 16.8. The fourth-order valence-corrected chi connectivity index (χ4v) is 6.19. The van der Waals surface area contributed by atoms with Crippen LogP contribution in [0.15, 0.2) is 21.4 Å². The molecule has 1 saturated carbocycles. The van der Waals surface area contributed by atoms with Crippen molar-refractivity contribution in [3.8, 4) is 0 Å². The molecule has 2 aliphatic heterocycles. The van der Waals surface area contributed by atoms with Crippen LogP contribution >= 0.6 is 15.9 Å². The molecule has 150 valence electrons. The fourth-order valence-electron chi connectivity index (χ4n) is 5.52. The van der Waals surface area contributed by atoms with Crippen molar-refractivity contribution in [2.24, 2.45) is 5.41 Å². The third-order valence-electron chi connectivity index (χ3n) is 6.64. The van der Waals surface area contributed by atoms with Crippen LogP contribution in [0, 0.1) is 5.41 Å². The summed E-state index contributed by atoms with van der Waals surface area (Å²) in [4.78, 5) is 28.8. The van der Waals surface area contributed by atoms with Gasteiger partial charge in [-0.3, -0.25) is 4.79 Å². The number of nitrogens with zero attached hydrogens (tertiary/aromatic N) is 2. The van der Waals surface area contributed by atoms with Crippen molar-refractivity contribution in [3.05, 3.63) is 21.4 Å². The van der Waals surface area contributed by atoms with Gasteiger partial charge in [-0.2, -0.15) is 0 Å². The Bertz CT molecular complexity index is 704. The fraction of sp³-hybridized carbons (Fsp3) is 0.714. The van der Waals surface area contributed by atoms with Gasteiger partial charge in [0.25, 0.3) is 5.78 Å². The average Bonchev–Trinajstić information content (AvgIpc) is 3.04. The molecule has 0 aromatic carbocycles. The smallest absolute Gasteiger partial charge is 0.377 e. The van der Waals surface area contributed by atoms with Crippen LogP contribution in [-0.2, 0) is 9.59 Å². The van der Waals surface area contributed by atoms with Crippen LogP contribution in [0.4, 0.5) is 0 Å². The van der Waals surface area contributed by atoms with Crippen molar-refractivity contribution in [2.45, 2.75) is 78.3 Å². The lowest BCUT2D eigenvalue weighted by molar-refractivity contribution is -0.147. The highest BCUT2D eigenvalue weighted by Crippen LogP contribution is 2.48. The summed E-state index contributed by atoms with van der Waals surface area (Å²) < 4.78 is 0.869. The average molecular weight is 439 g/mol. The van der Waals surface area contributed by atoms with Crippen molar-refractivity contribution in [2.75, 3.05) is 13.1 Å². The van der Waals surface area contributed by atoms with Crippen molar-refractivity contribution in [1.82, 2.24) is 9.80 Å². The minimum atomic E-state index is -1.37. The normalized spacial score (nSPS) is 25.8. The standard InChI is InChI=1S/C21H31BrN2O3/c1-13(2)24-14(3)16(19(25)20(26)27)18(17(22)15(24)4)23-11-7-10-21(12-23)8-5-6-9-21/h13-14H,5-12H2,1-4H3,(H,26,27). The Morgan fingerprint density at radius 3 is 2.33 bits per heavy atom. The van der Waals surface area contributed by atoms with Crippen LogP contribution in [0.5, 0.6) is 0 Å². The van der Waals surface area contributed by atoms with E-state index in [1.54, 1.807) is 0 Å². The van der Waals surface area contributed by atoms with Crippen molar-refractivity contribution >= 4 is 27.7 Å². The number of hydrogen-bond acceptors (Lipinski definition) is 4. The molecule has 0 amide bonds. The van der Waals surface area contributed by atoms with Gasteiger partial charge in [-0.25, -0.2) is 4.79 Å². The summed E-state index contributed by atoms with van der Waals surface area (Å²) in [7, 11) is 0. The Morgan fingerprint density at radius 1 is 1.19 bits per heavy atom. The lowest BCUT2D eigenvalue weighted by Crippen LogP contribution is -2.49. The molecular weight excluding hydrogens is 408 g/mol. The quantitative estimate of drug-likeness (QED) is 0.663. The highest BCUT2D eigenvalue weighted by atomic mass is 79.9. The molecule has 1 atom stereocenters. The zero-order valence-corrected chi connectivity index (χ0v) is 18.4. The molecule has 6 heteroatoms. The van der Waals surface area contributed by atoms with E-state index in [4.69, 9.17) is 0 Å². The Labute approximate surface area is 170 Å². The van der Waals surface area contributed by atoms with E-state index in [1.165, 1.54) is 32.1 Å². The first-order chi connectivity index (χ1) is 12.7. The number of halogens is 1. The second kappa shape index (κ2) is 7.61. The van der Waals surface area contributed by atoms with Crippen LogP contribution in [0.1, 0.15) is 66.2 Å². The van der Waals surface area contributed by atoms with Gasteiger partial charge < -0.3 is 14.9 Å². The Hall–Kier alpha value is -1.30. The van der Waals surface area contributed by atoms with E-state index in [0.717, 1.165) is 35.4 Å². The van der Waals surface area contributed by atoms with E-state index in [-0.39, 0.29) is 12.1 Å². The molecule has 1 spiro atoms. The third kappa shape index (κ3) is 3.57. The summed E-state index contributed by atoms with van der Waals surface area (Å²) in [5.74, 6) is -2.15. The minimum Gasteiger partial charge on any atom is -0.475 e. The number of aliphatic carboxylic acids is 1. The van der Waals surface area contributed by atoms with Gasteiger partial charge in [0.2, 0.25) is 0 Å². The van der Waals surface area contributed by atoms with E-state index in [9.17, 15) is 14.7 Å². The second-order valence-corrected chi connectivity index (χ2v) is 9.50. The molecule has 5 nitrogen and oxygen atoms in total. The van der Waals surface area contributed by atoms with Crippen LogP contribution in [0.3, 0.4) is 0 Å². The topological polar surface area (TPSA) is 60.9 Å². The maximum atomic E-state index is 12.7. The van der Waals surface area contributed by atoms with E-state index in [0.29, 0.717) is 11.0 Å². The highest BCUT2D eigenvalue weighted by Gasteiger charge is 2.43. The summed E-state index contributed by atoms with van der Waals surface area (Å²) in [6.07, 6.45) is 7.38. The number of carbonyl (C=O) groups excluding carboxylic acids is 1. The van der Waals surface area contributed by atoms with Crippen LogP contribution < -0.4 is 0 Å². The van der Waals surface area contributed by atoms with E-state index in [2.05, 4.69) is 46.5 Å². The molecule has 0 bridgehead atoms. The van der Waals surface area contributed by atoms with E-state index < -0.39 is 11.8 Å². The number of carbonyl (C=O) groups is 2. The van der Waals surface area contributed by atoms with Gasteiger partial charge in [-0.05, 0) is 74.7 Å². The molecule has 1 unspecified atom stereocenters. The maximum absolute atomic E-state index is 12.7. The number of piperidine rings is 1. The molecule has 2 fully saturated rings. The number of ketones is 1. The van der Waals surface area contributed by atoms with Gasteiger partial charge in [0.15, 0.2) is 0 Å². The molecule has 0 radical (unpaired) electrons. The first-order valence-electron chi connectivity index (χ1n) is 10.1. The van der Waals surface area contributed by atoms with Crippen LogP contribution in [-0.4, -0.2) is 51.8 Å². The van der Waals surface area contributed by atoms with Gasteiger partial charge in [-0.15, -0.1) is 0 Å². The number of hydrogen-bond donors (Lipinski definition) is 1. The first kappa shape index (κ1) is 20.4. The number of Topliss-reactive ketones (excluding diaryl/α,β-unsaturated/α-hetero) is 1. The second-order valence-electron chi connectivity index (χ2n) is 8.71. The number of carboxylic acids is 1. The van der Waals surface area contributed by atoms with Crippen LogP contribution in [0.25, 0.3) is 0 Å². The van der Waals surface area contributed by atoms with Crippen molar-refractivity contribution < 1.29 is 14.7 Å². The monoisotopic (exact) mass is 438 g/mol. The Balaban J connectivity index is 2.09. The number of rotatable bonds is 4. The highest BCUT2D eigenvalue weighted by molar-refractivity contribution is 9.12. The molecule has 2 heterocycles. The maximum Gasteiger partial charge on any atom is 0.377 e. The molecule has 3 rings (SSSR count). The van der Waals surface area contributed by atoms with Crippen LogP contribution in [0.2, 0.25) is 0 Å². The molecule has 0 aromatic rings. The predicted molar refractivity (Wildman–Crippen MR) is 109 cm³/mol. The molecule has 1 saturated heterocycles. The SMILES string of the molecule is CC1=C(Br)C(N2CCCC3(CCCC3)C2)=C(C(=O)C(=O)O)C(C)N1C(C)C. The molecule has 1 N–H and O–H groups in total. The van der Waals surface area contributed by atoms with Crippen molar-refractivity contribution in [1.29, 1.82) is 0 Å². The Kier molecular flexibility index (Phi) is 5.76. The molecular formula is C21H31BrN2O3. The molecule has 1 aliphatic carbocycles. The molecule has 3 aliphatic rings. The Morgan fingerprint density at radius 2 is 1.78 bits per heavy atom. The van der Waals surface area contributed by atoms with E-state index >= 15 is 0 Å². The lowest BCUT2D eigenvalue weighted by atomic mass is 9.78. The van der Waals surface area contributed by atoms with E-state index in [1.807, 2.05) is 6.92 Å². The van der Waals surface area contributed by atoms with Gasteiger partial charge in [0, 0.05) is 24.8 Å².